The third kappa shape index (κ3) is 4.23. The first-order valence-corrected chi connectivity index (χ1v) is 7.51. The summed E-state index contributed by atoms with van der Waals surface area (Å²) < 4.78 is 5.66. The summed E-state index contributed by atoms with van der Waals surface area (Å²) in [5, 5.41) is 3.33. The highest BCUT2D eigenvalue weighted by molar-refractivity contribution is 5.82. The molecule has 0 aromatic heterocycles. The van der Waals surface area contributed by atoms with Gasteiger partial charge in [-0.1, -0.05) is 25.1 Å². The Morgan fingerprint density at radius 3 is 2.90 bits per heavy atom. The van der Waals surface area contributed by atoms with Crippen molar-refractivity contribution in [3.8, 4) is 5.75 Å². The van der Waals surface area contributed by atoms with Crippen molar-refractivity contribution >= 4 is 5.91 Å². The molecular weight excluding hydrogens is 252 g/mol. The van der Waals surface area contributed by atoms with Gasteiger partial charge in [0, 0.05) is 6.54 Å². The highest BCUT2D eigenvalue weighted by Crippen LogP contribution is 2.13. The van der Waals surface area contributed by atoms with Gasteiger partial charge < -0.3 is 15.0 Å². The predicted octanol–water partition coefficient (Wildman–Crippen LogP) is 2.06. The zero-order chi connectivity index (χ0) is 14.2. The molecule has 1 aromatic rings. The number of nitrogens with one attached hydrogen (secondary N) is 1. The predicted molar refractivity (Wildman–Crippen MR) is 79.8 cm³/mol. The summed E-state index contributed by atoms with van der Waals surface area (Å²) in [7, 11) is 0. The highest BCUT2D eigenvalue weighted by atomic mass is 16.5. The molecule has 2 rings (SSSR count). The fourth-order valence-electron chi connectivity index (χ4n) is 2.46. The molecule has 1 fully saturated rings. The molecule has 4 heteroatoms. The molecule has 20 heavy (non-hydrogen) atoms. The lowest BCUT2D eigenvalue weighted by atomic mass is 10.0. The standard InChI is InChI=1S/C16H24N2O2/c1-2-10-17-15-9-6-11-18(16(15)19)12-13-20-14-7-4-3-5-8-14/h3-5,7-8,15,17H,2,6,9-13H2,1H3. The van der Waals surface area contributed by atoms with Crippen LogP contribution in [-0.4, -0.2) is 43.1 Å². The van der Waals surface area contributed by atoms with Crippen LogP contribution in [0.4, 0.5) is 0 Å². The van der Waals surface area contributed by atoms with Crippen LogP contribution >= 0.6 is 0 Å². The number of piperidine rings is 1. The van der Waals surface area contributed by atoms with Gasteiger partial charge in [0.2, 0.25) is 5.91 Å². The third-order valence-corrected chi connectivity index (χ3v) is 3.54. The van der Waals surface area contributed by atoms with Crippen LogP contribution in [-0.2, 0) is 4.79 Å². The lowest BCUT2D eigenvalue weighted by Gasteiger charge is -2.32. The maximum atomic E-state index is 12.3. The molecule has 1 unspecified atom stereocenters. The molecule has 1 aliphatic heterocycles. The number of para-hydroxylation sites is 1. The molecule has 0 bridgehead atoms. The number of ether oxygens (including phenoxy) is 1. The number of nitrogens with zero attached hydrogens (tertiary/aromatic N) is 1. The largest absolute Gasteiger partial charge is 0.492 e. The first-order chi connectivity index (χ1) is 9.81. The van der Waals surface area contributed by atoms with Crippen LogP contribution in [0.1, 0.15) is 26.2 Å². The zero-order valence-corrected chi connectivity index (χ0v) is 12.2. The van der Waals surface area contributed by atoms with Crippen molar-refractivity contribution in [3.63, 3.8) is 0 Å². The topological polar surface area (TPSA) is 41.6 Å². The Morgan fingerprint density at radius 2 is 2.15 bits per heavy atom. The fraction of sp³-hybridized carbons (Fsp3) is 0.562. The van der Waals surface area contributed by atoms with Crippen molar-refractivity contribution < 1.29 is 9.53 Å². The number of likely N-dealkylation sites (tertiary alicyclic amines) is 1. The van der Waals surface area contributed by atoms with Crippen LogP contribution in [0.3, 0.4) is 0 Å². The average Bonchev–Trinajstić information content (AvgIpc) is 2.49. The Kier molecular flexibility index (Phi) is 5.87. The summed E-state index contributed by atoms with van der Waals surface area (Å²) in [6.07, 6.45) is 3.08. The molecule has 1 atom stereocenters. The molecule has 1 N–H and O–H groups in total. The molecule has 0 spiro atoms. The number of rotatable bonds is 7. The molecule has 1 amide bonds. The summed E-state index contributed by atoms with van der Waals surface area (Å²) in [5.41, 5.74) is 0. The molecule has 0 aliphatic carbocycles. The van der Waals surface area contributed by atoms with E-state index >= 15 is 0 Å². The van der Waals surface area contributed by atoms with Crippen molar-refractivity contribution in [1.29, 1.82) is 0 Å². The van der Waals surface area contributed by atoms with E-state index in [1.54, 1.807) is 0 Å². The van der Waals surface area contributed by atoms with Gasteiger partial charge in [-0.3, -0.25) is 4.79 Å². The van der Waals surface area contributed by atoms with E-state index in [1.807, 2.05) is 35.2 Å². The van der Waals surface area contributed by atoms with Gasteiger partial charge >= 0.3 is 0 Å². The second-order valence-electron chi connectivity index (χ2n) is 5.14. The van der Waals surface area contributed by atoms with Crippen LogP contribution in [0.25, 0.3) is 0 Å². The molecule has 0 saturated carbocycles. The minimum atomic E-state index is 0.000394. The number of carbonyl (C=O) groups excluding carboxylic acids is 1. The molecule has 1 heterocycles. The van der Waals surface area contributed by atoms with Crippen LogP contribution in [0.5, 0.6) is 5.75 Å². The van der Waals surface area contributed by atoms with E-state index in [0.717, 1.165) is 38.1 Å². The molecular formula is C16H24N2O2. The Labute approximate surface area is 121 Å². The van der Waals surface area contributed by atoms with Gasteiger partial charge in [-0.25, -0.2) is 0 Å². The third-order valence-electron chi connectivity index (χ3n) is 3.54. The van der Waals surface area contributed by atoms with Gasteiger partial charge in [-0.15, -0.1) is 0 Å². The van der Waals surface area contributed by atoms with Gasteiger partial charge in [-0.2, -0.15) is 0 Å². The number of benzene rings is 1. The fourth-order valence-corrected chi connectivity index (χ4v) is 2.46. The number of amides is 1. The lowest BCUT2D eigenvalue weighted by molar-refractivity contribution is -0.136. The summed E-state index contributed by atoms with van der Waals surface area (Å²) in [4.78, 5) is 14.2. The van der Waals surface area contributed by atoms with Gasteiger partial charge in [0.25, 0.3) is 0 Å². The van der Waals surface area contributed by atoms with Crippen LogP contribution in [0.2, 0.25) is 0 Å². The SMILES string of the molecule is CCCNC1CCCN(CCOc2ccccc2)C1=O. The average molecular weight is 276 g/mol. The second-order valence-corrected chi connectivity index (χ2v) is 5.14. The second kappa shape index (κ2) is 7.90. The van der Waals surface area contributed by atoms with Crippen LogP contribution < -0.4 is 10.1 Å². The molecule has 4 nitrogen and oxygen atoms in total. The van der Waals surface area contributed by atoms with E-state index in [-0.39, 0.29) is 11.9 Å². The highest BCUT2D eigenvalue weighted by Gasteiger charge is 2.27. The molecule has 110 valence electrons. The summed E-state index contributed by atoms with van der Waals surface area (Å²) in [6, 6.07) is 9.73. The first-order valence-electron chi connectivity index (χ1n) is 7.51. The van der Waals surface area contributed by atoms with Crippen molar-refractivity contribution in [1.82, 2.24) is 10.2 Å². The Bertz CT molecular complexity index is 408. The van der Waals surface area contributed by atoms with E-state index in [9.17, 15) is 4.79 Å². The summed E-state index contributed by atoms with van der Waals surface area (Å²) in [5.74, 6) is 1.08. The van der Waals surface area contributed by atoms with Crippen molar-refractivity contribution in [2.24, 2.45) is 0 Å². The molecule has 1 aliphatic rings. The minimum absolute atomic E-state index is 0.000394. The van der Waals surface area contributed by atoms with E-state index in [2.05, 4.69) is 12.2 Å². The van der Waals surface area contributed by atoms with Crippen molar-refractivity contribution in [3.05, 3.63) is 30.3 Å². The first kappa shape index (κ1) is 14.9. The Hall–Kier alpha value is -1.55. The van der Waals surface area contributed by atoms with Gasteiger partial charge in [0.15, 0.2) is 0 Å². The summed E-state index contributed by atoms with van der Waals surface area (Å²) >= 11 is 0. The smallest absolute Gasteiger partial charge is 0.239 e. The molecule has 0 radical (unpaired) electrons. The number of carbonyl (C=O) groups is 1. The lowest BCUT2D eigenvalue weighted by Crippen LogP contribution is -2.51. The Morgan fingerprint density at radius 1 is 1.35 bits per heavy atom. The van der Waals surface area contributed by atoms with E-state index in [0.29, 0.717) is 13.2 Å². The summed E-state index contributed by atoms with van der Waals surface area (Å²) in [6.45, 7) is 5.09. The maximum absolute atomic E-state index is 12.3. The van der Waals surface area contributed by atoms with E-state index in [4.69, 9.17) is 4.74 Å². The van der Waals surface area contributed by atoms with Gasteiger partial charge in [-0.05, 0) is 37.9 Å². The Balaban J connectivity index is 1.75. The number of hydrogen-bond acceptors (Lipinski definition) is 3. The monoisotopic (exact) mass is 276 g/mol. The van der Waals surface area contributed by atoms with Gasteiger partial charge in [0.1, 0.15) is 12.4 Å². The van der Waals surface area contributed by atoms with E-state index < -0.39 is 0 Å². The molecule has 1 aromatic carbocycles. The quantitative estimate of drug-likeness (QED) is 0.829. The maximum Gasteiger partial charge on any atom is 0.239 e. The molecule has 1 saturated heterocycles. The van der Waals surface area contributed by atoms with Crippen LogP contribution in [0, 0.1) is 0 Å². The number of hydrogen-bond donors (Lipinski definition) is 1. The zero-order valence-electron chi connectivity index (χ0n) is 12.2. The van der Waals surface area contributed by atoms with E-state index in [1.165, 1.54) is 0 Å². The van der Waals surface area contributed by atoms with Crippen LogP contribution in [0.15, 0.2) is 30.3 Å². The van der Waals surface area contributed by atoms with Gasteiger partial charge in [0.05, 0.1) is 12.6 Å². The van der Waals surface area contributed by atoms with Crippen molar-refractivity contribution in [2.75, 3.05) is 26.2 Å². The minimum Gasteiger partial charge on any atom is -0.492 e. The van der Waals surface area contributed by atoms with Crippen molar-refractivity contribution in [2.45, 2.75) is 32.2 Å². The normalized spacial score (nSPS) is 19.1.